The average Bonchev–Trinajstić information content (AvgIpc) is 2.83. The van der Waals surface area contributed by atoms with Crippen LogP contribution in [0.2, 0.25) is 0 Å². The monoisotopic (exact) mass is 304 g/mol. The molecule has 4 heteroatoms. The average molecular weight is 304 g/mol. The quantitative estimate of drug-likeness (QED) is 0.781. The molecule has 0 spiro atoms. The first kappa shape index (κ1) is 16.7. The first-order valence-corrected chi connectivity index (χ1v) is 8.54. The molecule has 1 aromatic carbocycles. The SMILES string of the molecule is CCCCOc1ccccc1NCC(=O)N1CCCCCC1. The molecule has 1 aliphatic rings. The third-order valence-electron chi connectivity index (χ3n) is 4.03. The summed E-state index contributed by atoms with van der Waals surface area (Å²) in [6.45, 7) is 5.00. The van der Waals surface area contributed by atoms with Crippen molar-refractivity contribution in [2.75, 3.05) is 31.6 Å². The summed E-state index contributed by atoms with van der Waals surface area (Å²) in [5.74, 6) is 1.02. The van der Waals surface area contributed by atoms with Crippen molar-refractivity contribution in [3.05, 3.63) is 24.3 Å². The number of hydrogen-bond acceptors (Lipinski definition) is 3. The molecule has 0 aromatic heterocycles. The lowest BCUT2D eigenvalue weighted by molar-refractivity contribution is -0.129. The number of carbonyl (C=O) groups excluding carboxylic acids is 1. The Kier molecular flexibility index (Phi) is 7.07. The summed E-state index contributed by atoms with van der Waals surface area (Å²) in [4.78, 5) is 14.3. The highest BCUT2D eigenvalue weighted by atomic mass is 16.5. The molecule has 0 atom stereocenters. The number of ether oxygens (including phenoxy) is 1. The third kappa shape index (κ3) is 5.24. The number of rotatable bonds is 7. The van der Waals surface area contributed by atoms with Crippen LogP contribution in [0.4, 0.5) is 5.69 Å². The van der Waals surface area contributed by atoms with Gasteiger partial charge in [0.25, 0.3) is 0 Å². The van der Waals surface area contributed by atoms with Crippen LogP contribution in [0.15, 0.2) is 24.3 Å². The van der Waals surface area contributed by atoms with E-state index in [4.69, 9.17) is 4.74 Å². The minimum Gasteiger partial charge on any atom is -0.491 e. The Bertz CT molecular complexity index is 454. The van der Waals surface area contributed by atoms with Crippen LogP contribution in [0.25, 0.3) is 0 Å². The fraction of sp³-hybridized carbons (Fsp3) is 0.611. The summed E-state index contributed by atoms with van der Waals surface area (Å²) in [5, 5.41) is 3.24. The molecule has 0 saturated carbocycles. The molecule has 122 valence electrons. The molecule has 1 aromatic rings. The van der Waals surface area contributed by atoms with Crippen molar-refractivity contribution in [2.24, 2.45) is 0 Å². The number of carbonyl (C=O) groups is 1. The molecule has 1 saturated heterocycles. The number of anilines is 1. The highest BCUT2D eigenvalue weighted by Crippen LogP contribution is 2.23. The van der Waals surface area contributed by atoms with Gasteiger partial charge in [-0.3, -0.25) is 4.79 Å². The number of unbranched alkanes of at least 4 members (excludes halogenated alkanes) is 1. The van der Waals surface area contributed by atoms with Crippen molar-refractivity contribution >= 4 is 11.6 Å². The number of para-hydroxylation sites is 2. The van der Waals surface area contributed by atoms with Crippen LogP contribution in [0, 0.1) is 0 Å². The van der Waals surface area contributed by atoms with Gasteiger partial charge in [-0.1, -0.05) is 38.3 Å². The second-order valence-corrected chi connectivity index (χ2v) is 5.85. The molecule has 1 heterocycles. The van der Waals surface area contributed by atoms with Crippen LogP contribution in [-0.4, -0.2) is 37.0 Å². The normalized spacial score (nSPS) is 15.2. The summed E-state index contributed by atoms with van der Waals surface area (Å²) in [5.41, 5.74) is 0.904. The van der Waals surface area contributed by atoms with Crippen molar-refractivity contribution in [1.29, 1.82) is 0 Å². The zero-order chi connectivity index (χ0) is 15.6. The van der Waals surface area contributed by atoms with Crippen molar-refractivity contribution in [3.63, 3.8) is 0 Å². The summed E-state index contributed by atoms with van der Waals surface area (Å²) in [6, 6.07) is 7.85. The van der Waals surface area contributed by atoms with Gasteiger partial charge in [0.1, 0.15) is 5.75 Å². The maximum Gasteiger partial charge on any atom is 0.241 e. The number of benzene rings is 1. The van der Waals surface area contributed by atoms with E-state index in [0.29, 0.717) is 6.54 Å². The number of nitrogens with zero attached hydrogens (tertiary/aromatic N) is 1. The summed E-state index contributed by atoms with van der Waals surface area (Å²) < 4.78 is 5.79. The Morgan fingerprint density at radius 1 is 1.18 bits per heavy atom. The number of nitrogens with one attached hydrogen (secondary N) is 1. The molecule has 0 radical (unpaired) electrons. The van der Waals surface area contributed by atoms with Gasteiger partial charge in [0, 0.05) is 13.1 Å². The smallest absolute Gasteiger partial charge is 0.241 e. The topological polar surface area (TPSA) is 41.6 Å². The molecule has 1 amide bonds. The third-order valence-corrected chi connectivity index (χ3v) is 4.03. The fourth-order valence-corrected chi connectivity index (χ4v) is 2.67. The molecule has 4 nitrogen and oxygen atoms in total. The number of hydrogen-bond donors (Lipinski definition) is 1. The molecule has 0 aliphatic carbocycles. The van der Waals surface area contributed by atoms with Crippen molar-refractivity contribution in [1.82, 2.24) is 4.90 Å². The van der Waals surface area contributed by atoms with Crippen molar-refractivity contribution in [2.45, 2.75) is 45.4 Å². The molecule has 1 N–H and O–H groups in total. The van der Waals surface area contributed by atoms with Gasteiger partial charge in [-0.15, -0.1) is 0 Å². The Balaban J connectivity index is 1.86. The van der Waals surface area contributed by atoms with E-state index in [1.165, 1.54) is 12.8 Å². The van der Waals surface area contributed by atoms with Gasteiger partial charge in [0.05, 0.1) is 18.8 Å². The number of likely N-dealkylation sites (tertiary alicyclic amines) is 1. The van der Waals surface area contributed by atoms with E-state index in [0.717, 1.165) is 56.8 Å². The van der Waals surface area contributed by atoms with E-state index < -0.39 is 0 Å². The van der Waals surface area contributed by atoms with Crippen molar-refractivity contribution in [3.8, 4) is 5.75 Å². The second-order valence-electron chi connectivity index (χ2n) is 5.85. The van der Waals surface area contributed by atoms with Crippen LogP contribution < -0.4 is 10.1 Å². The first-order chi connectivity index (χ1) is 10.8. The minimum absolute atomic E-state index is 0.185. The fourth-order valence-electron chi connectivity index (χ4n) is 2.67. The maximum atomic E-state index is 12.3. The zero-order valence-electron chi connectivity index (χ0n) is 13.6. The molecular formula is C18H28N2O2. The van der Waals surface area contributed by atoms with E-state index in [9.17, 15) is 4.79 Å². The van der Waals surface area contributed by atoms with E-state index in [-0.39, 0.29) is 5.91 Å². The van der Waals surface area contributed by atoms with E-state index in [1.54, 1.807) is 0 Å². The summed E-state index contributed by atoms with van der Waals surface area (Å²) >= 11 is 0. The lowest BCUT2D eigenvalue weighted by Crippen LogP contribution is -2.36. The van der Waals surface area contributed by atoms with Gasteiger partial charge >= 0.3 is 0 Å². The van der Waals surface area contributed by atoms with Crippen LogP contribution in [-0.2, 0) is 4.79 Å². The Morgan fingerprint density at radius 3 is 2.64 bits per heavy atom. The Labute approximate surface area is 133 Å². The predicted molar refractivity (Wildman–Crippen MR) is 90.4 cm³/mol. The molecular weight excluding hydrogens is 276 g/mol. The number of amides is 1. The van der Waals surface area contributed by atoms with Gasteiger partial charge in [-0.05, 0) is 31.4 Å². The van der Waals surface area contributed by atoms with Crippen LogP contribution in [0.3, 0.4) is 0 Å². The molecule has 22 heavy (non-hydrogen) atoms. The van der Waals surface area contributed by atoms with E-state index >= 15 is 0 Å². The minimum atomic E-state index is 0.185. The summed E-state index contributed by atoms with van der Waals surface area (Å²) in [7, 11) is 0. The lowest BCUT2D eigenvalue weighted by Gasteiger charge is -2.21. The van der Waals surface area contributed by atoms with Gasteiger partial charge < -0.3 is 15.0 Å². The van der Waals surface area contributed by atoms with E-state index in [2.05, 4.69) is 12.2 Å². The standard InChI is InChI=1S/C18H28N2O2/c1-2-3-14-22-17-11-7-6-10-16(17)19-15-18(21)20-12-8-4-5-9-13-20/h6-7,10-11,19H,2-5,8-9,12-15H2,1H3. The van der Waals surface area contributed by atoms with Crippen LogP contribution >= 0.6 is 0 Å². The predicted octanol–water partition coefficient (Wildman–Crippen LogP) is 3.68. The molecule has 0 bridgehead atoms. The molecule has 0 unspecified atom stereocenters. The van der Waals surface area contributed by atoms with Gasteiger partial charge in [0.2, 0.25) is 5.91 Å². The largest absolute Gasteiger partial charge is 0.491 e. The molecule has 2 rings (SSSR count). The lowest BCUT2D eigenvalue weighted by atomic mass is 10.2. The van der Waals surface area contributed by atoms with E-state index in [1.807, 2.05) is 29.2 Å². The van der Waals surface area contributed by atoms with Gasteiger partial charge in [-0.2, -0.15) is 0 Å². The first-order valence-electron chi connectivity index (χ1n) is 8.54. The second kappa shape index (κ2) is 9.34. The Morgan fingerprint density at radius 2 is 1.91 bits per heavy atom. The van der Waals surface area contributed by atoms with Crippen LogP contribution in [0.1, 0.15) is 45.4 Å². The van der Waals surface area contributed by atoms with Crippen LogP contribution in [0.5, 0.6) is 5.75 Å². The van der Waals surface area contributed by atoms with Crippen molar-refractivity contribution < 1.29 is 9.53 Å². The maximum absolute atomic E-state index is 12.3. The zero-order valence-corrected chi connectivity index (χ0v) is 13.6. The Hall–Kier alpha value is -1.71. The van der Waals surface area contributed by atoms with Gasteiger partial charge in [0.15, 0.2) is 0 Å². The van der Waals surface area contributed by atoms with Gasteiger partial charge in [-0.25, -0.2) is 0 Å². The molecule has 1 aliphatic heterocycles. The molecule has 1 fully saturated rings. The summed E-state index contributed by atoms with van der Waals surface area (Å²) in [6.07, 6.45) is 6.89. The highest BCUT2D eigenvalue weighted by molar-refractivity contribution is 5.81. The highest BCUT2D eigenvalue weighted by Gasteiger charge is 2.15.